The number of carbonyl (C=O) groups is 1. The summed E-state index contributed by atoms with van der Waals surface area (Å²) < 4.78 is 28.8. The van der Waals surface area contributed by atoms with Crippen molar-refractivity contribution in [2.75, 3.05) is 5.32 Å². The molecule has 0 fully saturated rings. The molecule has 1 amide bonds. The van der Waals surface area contributed by atoms with E-state index in [9.17, 15) is 13.6 Å². The van der Waals surface area contributed by atoms with E-state index in [0.717, 1.165) is 23.8 Å². The molecule has 2 aromatic carbocycles. The normalized spacial score (nSPS) is 15.7. The summed E-state index contributed by atoms with van der Waals surface area (Å²) in [4.78, 5) is 18.1. The molecule has 0 saturated carbocycles. The molecule has 1 N–H and O–H groups in total. The van der Waals surface area contributed by atoms with E-state index in [-0.39, 0.29) is 23.9 Å². The molecule has 6 nitrogen and oxygen atoms in total. The first-order valence-electron chi connectivity index (χ1n) is 9.06. The SMILES string of the molecule is Cc1cnn(Cc2cc(F)ccc2F)c1NC(=O)C1=NOC(c2ccccc2)C1. The van der Waals surface area contributed by atoms with Crippen LogP contribution in [0.1, 0.15) is 29.2 Å². The third-order valence-electron chi connectivity index (χ3n) is 4.68. The third kappa shape index (κ3) is 4.01. The van der Waals surface area contributed by atoms with Crippen LogP contribution in [0.15, 0.2) is 59.9 Å². The highest BCUT2D eigenvalue weighted by Crippen LogP contribution is 2.27. The Morgan fingerprint density at radius 3 is 2.83 bits per heavy atom. The predicted octanol–water partition coefficient (Wildman–Crippen LogP) is 3.97. The summed E-state index contributed by atoms with van der Waals surface area (Å²) in [6.45, 7) is 1.74. The lowest BCUT2D eigenvalue weighted by molar-refractivity contribution is -0.110. The van der Waals surface area contributed by atoms with Crippen molar-refractivity contribution in [1.82, 2.24) is 9.78 Å². The molecule has 0 aliphatic carbocycles. The summed E-state index contributed by atoms with van der Waals surface area (Å²) in [6, 6.07) is 12.7. The van der Waals surface area contributed by atoms with E-state index in [1.165, 1.54) is 4.68 Å². The van der Waals surface area contributed by atoms with Gasteiger partial charge in [0.25, 0.3) is 5.91 Å². The van der Waals surface area contributed by atoms with Crippen LogP contribution in [0.3, 0.4) is 0 Å². The van der Waals surface area contributed by atoms with Crippen molar-refractivity contribution in [1.29, 1.82) is 0 Å². The number of carbonyl (C=O) groups excluding carboxylic acids is 1. The van der Waals surface area contributed by atoms with Gasteiger partial charge >= 0.3 is 0 Å². The highest BCUT2D eigenvalue weighted by Gasteiger charge is 2.28. The first kappa shape index (κ1) is 18.8. The van der Waals surface area contributed by atoms with Gasteiger partial charge < -0.3 is 10.2 Å². The molecule has 1 aliphatic heterocycles. The van der Waals surface area contributed by atoms with Crippen LogP contribution < -0.4 is 5.32 Å². The Balaban J connectivity index is 1.48. The van der Waals surface area contributed by atoms with Crippen molar-refractivity contribution >= 4 is 17.4 Å². The highest BCUT2D eigenvalue weighted by molar-refractivity contribution is 6.43. The van der Waals surface area contributed by atoms with Crippen molar-refractivity contribution in [3.8, 4) is 0 Å². The molecular weight excluding hydrogens is 378 g/mol. The molecule has 0 radical (unpaired) electrons. The molecule has 0 bridgehead atoms. The van der Waals surface area contributed by atoms with Gasteiger partial charge in [0.1, 0.15) is 23.2 Å². The zero-order valence-electron chi connectivity index (χ0n) is 15.6. The Hall–Kier alpha value is -3.55. The maximum Gasteiger partial charge on any atom is 0.274 e. The van der Waals surface area contributed by atoms with Crippen molar-refractivity contribution in [2.45, 2.75) is 26.0 Å². The molecule has 1 aliphatic rings. The number of benzene rings is 2. The number of rotatable bonds is 5. The summed E-state index contributed by atoms with van der Waals surface area (Å²) in [5.74, 6) is -1.12. The summed E-state index contributed by atoms with van der Waals surface area (Å²) in [6.07, 6.45) is 1.57. The fraction of sp³-hybridized carbons (Fsp3) is 0.190. The average Bonchev–Trinajstić information content (AvgIpc) is 3.34. The molecule has 2 heterocycles. The first-order chi connectivity index (χ1) is 14.0. The molecule has 0 saturated heterocycles. The van der Waals surface area contributed by atoms with Gasteiger partial charge in [-0.15, -0.1) is 0 Å². The van der Waals surface area contributed by atoms with Gasteiger partial charge in [-0.2, -0.15) is 5.10 Å². The second-order valence-corrected chi connectivity index (χ2v) is 6.77. The summed E-state index contributed by atoms with van der Waals surface area (Å²) in [7, 11) is 0. The molecule has 1 atom stereocenters. The fourth-order valence-electron chi connectivity index (χ4n) is 3.13. The molecule has 1 aromatic heterocycles. The average molecular weight is 396 g/mol. The van der Waals surface area contributed by atoms with Crippen LogP contribution >= 0.6 is 0 Å². The second-order valence-electron chi connectivity index (χ2n) is 6.77. The van der Waals surface area contributed by atoms with E-state index in [0.29, 0.717) is 17.8 Å². The number of aromatic nitrogens is 2. The van der Waals surface area contributed by atoms with Crippen LogP contribution in [0.4, 0.5) is 14.6 Å². The lowest BCUT2D eigenvalue weighted by Crippen LogP contribution is -2.24. The number of nitrogens with one attached hydrogen (secondary N) is 1. The van der Waals surface area contributed by atoms with Crippen molar-refractivity contribution in [3.63, 3.8) is 0 Å². The Labute approximate surface area is 165 Å². The van der Waals surface area contributed by atoms with Gasteiger partial charge in [-0.25, -0.2) is 13.5 Å². The number of amides is 1. The maximum absolute atomic E-state index is 14.0. The minimum absolute atomic E-state index is 0.0251. The number of halogens is 2. The molecule has 4 rings (SSSR count). The van der Waals surface area contributed by atoms with Gasteiger partial charge in [-0.3, -0.25) is 4.79 Å². The number of hydrogen-bond donors (Lipinski definition) is 1. The van der Waals surface area contributed by atoms with Crippen molar-refractivity contribution in [3.05, 3.63) is 83.1 Å². The van der Waals surface area contributed by atoms with Crippen LogP contribution in [0.5, 0.6) is 0 Å². The van der Waals surface area contributed by atoms with E-state index < -0.39 is 17.5 Å². The van der Waals surface area contributed by atoms with E-state index in [1.807, 2.05) is 30.3 Å². The lowest BCUT2D eigenvalue weighted by Gasteiger charge is -2.11. The minimum Gasteiger partial charge on any atom is -0.387 e. The Morgan fingerprint density at radius 1 is 1.24 bits per heavy atom. The summed E-state index contributed by atoms with van der Waals surface area (Å²) >= 11 is 0. The predicted molar refractivity (Wildman–Crippen MR) is 103 cm³/mol. The zero-order chi connectivity index (χ0) is 20.4. The third-order valence-corrected chi connectivity index (χ3v) is 4.68. The van der Waals surface area contributed by atoms with E-state index in [1.54, 1.807) is 13.1 Å². The Kier molecular flexibility index (Phi) is 5.07. The number of aryl methyl sites for hydroxylation is 1. The smallest absolute Gasteiger partial charge is 0.274 e. The maximum atomic E-state index is 14.0. The topological polar surface area (TPSA) is 68.5 Å². The van der Waals surface area contributed by atoms with Gasteiger partial charge in [0.15, 0.2) is 6.10 Å². The molecular formula is C21H18F2N4O2. The number of anilines is 1. The van der Waals surface area contributed by atoms with Crippen LogP contribution in [0, 0.1) is 18.6 Å². The van der Waals surface area contributed by atoms with Gasteiger partial charge in [-0.1, -0.05) is 35.5 Å². The molecule has 29 heavy (non-hydrogen) atoms. The monoisotopic (exact) mass is 396 g/mol. The van der Waals surface area contributed by atoms with Crippen LogP contribution in [0.2, 0.25) is 0 Å². The largest absolute Gasteiger partial charge is 0.387 e. The molecule has 8 heteroatoms. The molecule has 1 unspecified atom stereocenters. The van der Waals surface area contributed by atoms with Crippen LogP contribution in [0.25, 0.3) is 0 Å². The first-order valence-corrected chi connectivity index (χ1v) is 9.06. The number of nitrogens with zero attached hydrogens (tertiary/aromatic N) is 3. The summed E-state index contributed by atoms with van der Waals surface area (Å²) in [5, 5.41) is 10.8. The minimum atomic E-state index is -0.545. The molecule has 0 spiro atoms. The molecule has 148 valence electrons. The van der Waals surface area contributed by atoms with Gasteiger partial charge in [0, 0.05) is 17.5 Å². The number of hydrogen-bond acceptors (Lipinski definition) is 4. The van der Waals surface area contributed by atoms with Crippen molar-refractivity contribution in [2.24, 2.45) is 5.16 Å². The lowest BCUT2D eigenvalue weighted by atomic mass is 10.0. The summed E-state index contributed by atoms with van der Waals surface area (Å²) in [5.41, 5.74) is 2.01. The second kappa shape index (κ2) is 7.83. The quantitative estimate of drug-likeness (QED) is 0.710. The van der Waals surface area contributed by atoms with Crippen molar-refractivity contribution < 1.29 is 18.4 Å². The zero-order valence-corrected chi connectivity index (χ0v) is 15.6. The Bertz CT molecular complexity index is 1080. The van der Waals surface area contributed by atoms with Gasteiger partial charge in [0.2, 0.25) is 0 Å². The van der Waals surface area contributed by atoms with Crippen LogP contribution in [-0.2, 0) is 16.2 Å². The highest BCUT2D eigenvalue weighted by atomic mass is 19.1. The van der Waals surface area contributed by atoms with Gasteiger partial charge in [-0.05, 0) is 30.7 Å². The van der Waals surface area contributed by atoms with E-state index >= 15 is 0 Å². The van der Waals surface area contributed by atoms with Gasteiger partial charge in [0.05, 0.1) is 12.7 Å². The fourth-order valence-corrected chi connectivity index (χ4v) is 3.13. The molecule has 3 aromatic rings. The van der Waals surface area contributed by atoms with Crippen LogP contribution in [-0.4, -0.2) is 21.4 Å². The van der Waals surface area contributed by atoms with E-state index in [4.69, 9.17) is 4.84 Å². The number of oxime groups is 1. The Morgan fingerprint density at radius 2 is 2.03 bits per heavy atom. The standard InChI is InChI=1S/C21H18F2N4O2/c1-13-11-24-27(12-15-9-16(22)7-8-17(15)23)20(13)25-21(28)18-10-19(29-26-18)14-5-3-2-4-6-14/h2-9,11,19H,10,12H2,1H3,(H,25,28). The van der Waals surface area contributed by atoms with E-state index in [2.05, 4.69) is 15.6 Å².